The summed E-state index contributed by atoms with van der Waals surface area (Å²) in [6.07, 6.45) is 3.12. The molecule has 0 saturated carbocycles. The largest absolute Gasteiger partial charge is 0.354 e. The molecule has 2 aromatic rings. The highest BCUT2D eigenvalue weighted by Crippen LogP contribution is 2.21. The zero-order chi connectivity index (χ0) is 13.9. The van der Waals surface area contributed by atoms with Gasteiger partial charge in [-0.05, 0) is 18.6 Å². The van der Waals surface area contributed by atoms with Crippen LogP contribution in [-0.4, -0.2) is 28.5 Å². The number of rotatable bonds is 4. The molecular weight excluding hydrogens is 296 g/mol. The van der Waals surface area contributed by atoms with Crippen LogP contribution in [0.4, 0.5) is 0 Å². The molecule has 0 aromatic carbocycles. The van der Waals surface area contributed by atoms with Gasteiger partial charge in [0.25, 0.3) is 0 Å². The third-order valence-corrected chi connectivity index (χ3v) is 4.64. The Morgan fingerprint density at radius 3 is 3.25 bits per heavy atom. The second-order valence-corrected chi connectivity index (χ2v) is 6.51. The van der Waals surface area contributed by atoms with Gasteiger partial charge in [0.1, 0.15) is 0 Å². The monoisotopic (exact) mass is 310 g/mol. The molecule has 2 aromatic heterocycles. The van der Waals surface area contributed by atoms with Crippen molar-refractivity contribution in [3.8, 4) is 0 Å². The Labute approximate surface area is 125 Å². The number of halogens is 1. The molecule has 20 heavy (non-hydrogen) atoms. The van der Waals surface area contributed by atoms with Crippen molar-refractivity contribution >= 4 is 28.8 Å². The summed E-state index contributed by atoms with van der Waals surface area (Å²) in [6, 6.07) is 3.68. The van der Waals surface area contributed by atoms with Crippen molar-refractivity contribution in [1.82, 2.24) is 20.6 Å². The van der Waals surface area contributed by atoms with Crippen LogP contribution in [0.2, 0.25) is 4.34 Å². The number of imidazole rings is 1. The number of fused-ring (bicyclic) bond motifs is 1. The maximum Gasteiger partial charge on any atom is 0.237 e. The van der Waals surface area contributed by atoms with Crippen LogP contribution in [-0.2, 0) is 24.2 Å². The van der Waals surface area contributed by atoms with Crippen LogP contribution < -0.4 is 10.6 Å². The molecule has 0 fully saturated rings. The Morgan fingerprint density at radius 1 is 1.55 bits per heavy atom. The van der Waals surface area contributed by atoms with Gasteiger partial charge in [0.15, 0.2) is 0 Å². The van der Waals surface area contributed by atoms with Crippen LogP contribution >= 0.6 is 22.9 Å². The minimum atomic E-state index is -0.197. The zero-order valence-electron chi connectivity index (χ0n) is 10.8. The summed E-state index contributed by atoms with van der Waals surface area (Å²) in [4.78, 5) is 20.6. The molecule has 7 heteroatoms. The molecule has 3 rings (SSSR count). The number of aromatic amines is 1. The van der Waals surface area contributed by atoms with Crippen LogP contribution in [0.15, 0.2) is 18.5 Å². The summed E-state index contributed by atoms with van der Waals surface area (Å²) >= 11 is 7.42. The van der Waals surface area contributed by atoms with E-state index in [1.54, 1.807) is 17.7 Å². The van der Waals surface area contributed by atoms with E-state index in [2.05, 4.69) is 20.6 Å². The summed E-state index contributed by atoms with van der Waals surface area (Å²) in [5.41, 5.74) is 2.05. The number of H-pyrrole nitrogens is 1. The molecule has 3 heterocycles. The number of hydrogen-bond donors (Lipinski definition) is 3. The number of aromatic nitrogens is 2. The van der Waals surface area contributed by atoms with Crippen molar-refractivity contribution in [2.75, 3.05) is 6.54 Å². The van der Waals surface area contributed by atoms with E-state index in [0.717, 1.165) is 22.1 Å². The van der Waals surface area contributed by atoms with E-state index >= 15 is 0 Å². The minimum absolute atomic E-state index is 0.0290. The van der Waals surface area contributed by atoms with Crippen molar-refractivity contribution in [3.63, 3.8) is 0 Å². The third kappa shape index (κ3) is 3.03. The lowest BCUT2D eigenvalue weighted by Crippen LogP contribution is -2.48. The predicted molar refractivity (Wildman–Crippen MR) is 79.0 cm³/mol. The van der Waals surface area contributed by atoms with E-state index in [0.29, 0.717) is 19.5 Å². The quantitative estimate of drug-likeness (QED) is 0.801. The van der Waals surface area contributed by atoms with Gasteiger partial charge >= 0.3 is 0 Å². The van der Waals surface area contributed by atoms with Crippen LogP contribution in [0.1, 0.15) is 16.3 Å². The topological polar surface area (TPSA) is 69.8 Å². The second kappa shape index (κ2) is 5.95. The Hall–Kier alpha value is -1.37. The van der Waals surface area contributed by atoms with Crippen LogP contribution in [0.3, 0.4) is 0 Å². The van der Waals surface area contributed by atoms with E-state index < -0.39 is 0 Å². The minimum Gasteiger partial charge on any atom is -0.354 e. The lowest BCUT2D eigenvalue weighted by molar-refractivity contribution is -0.123. The molecule has 1 amide bonds. The summed E-state index contributed by atoms with van der Waals surface area (Å²) in [6.45, 7) is 1.29. The Balaban J connectivity index is 1.48. The molecule has 0 saturated heterocycles. The first-order chi connectivity index (χ1) is 9.72. The molecule has 0 radical (unpaired) electrons. The van der Waals surface area contributed by atoms with E-state index in [9.17, 15) is 4.79 Å². The Morgan fingerprint density at radius 2 is 2.45 bits per heavy atom. The van der Waals surface area contributed by atoms with E-state index in [1.165, 1.54) is 4.88 Å². The molecule has 0 aliphatic carbocycles. The van der Waals surface area contributed by atoms with E-state index in [4.69, 9.17) is 11.6 Å². The number of carbonyl (C=O) groups is 1. The first-order valence-corrected chi connectivity index (χ1v) is 7.68. The summed E-state index contributed by atoms with van der Waals surface area (Å²) in [7, 11) is 0. The molecule has 1 aliphatic rings. The molecule has 5 nitrogen and oxygen atoms in total. The molecule has 0 spiro atoms. The standard InChI is InChI=1S/C13H15ClN4OS/c14-12-2-1-8(20-12)3-4-15-13(19)10-5-9-11(6-16-10)18-7-17-9/h1-2,7,10,16H,3-6H2,(H,15,19)(H,17,18). The number of carbonyl (C=O) groups excluding carboxylic acids is 1. The van der Waals surface area contributed by atoms with Crippen molar-refractivity contribution < 1.29 is 4.79 Å². The van der Waals surface area contributed by atoms with Gasteiger partial charge < -0.3 is 10.3 Å². The fourth-order valence-electron chi connectivity index (χ4n) is 2.27. The lowest BCUT2D eigenvalue weighted by Gasteiger charge is -2.22. The van der Waals surface area contributed by atoms with Gasteiger partial charge in [0, 0.05) is 24.4 Å². The molecular formula is C13H15ClN4OS. The number of nitrogens with zero attached hydrogens (tertiary/aromatic N) is 1. The van der Waals surface area contributed by atoms with Crippen LogP contribution in [0.5, 0.6) is 0 Å². The van der Waals surface area contributed by atoms with Crippen molar-refractivity contribution in [1.29, 1.82) is 0 Å². The number of thiophene rings is 1. The van der Waals surface area contributed by atoms with Gasteiger partial charge in [0.2, 0.25) is 5.91 Å². The highest BCUT2D eigenvalue weighted by molar-refractivity contribution is 7.16. The average molecular weight is 311 g/mol. The lowest BCUT2D eigenvalue weighted by atomic mass is 10.0. The Bertz CT molecular complexity index is 609. The van der Waals surface area contributed by atoms with Gasteiger partial charge in [0.05, 0.1) is 28.1 Å². The first-order valence-electron chi connectivity index (χ1n) is 6.49. The molecule has 106 valence electrons. The fraction of sp³-hybridized carbons (Fsp3) is 0.385. The molecule has 3 N–H and O–H groups in total. The Kier molecular flexibility index (Phi) is 4.05. The van der Waals surface area contributed by atoms with Gasteiger partial charge in [-0.3, -0.25) is 10.1 Å². The maximum atomic E-state index is 12.1. The van der Waals surface area contributed by atoms with Crippen molar-refractivity contribution in [2.45, 2.75) is 25.4 Å². The number of amides is 1. The van der Waals surface area contributed by atoms with Gasteiger partial charge in [-0.1, -0.05) is 11.6 Å². The van der Waals surface area contributed by atoms with Crippen molar-refractivity contribution in [2.24, 2.45) is 0 Å². The normalized spacial score (nSPS) is 17.8. The predicted octanol–water partition coefficient (Wildman–Crippen LogP) is 1.50. The maximum absolute atomic E-state index is 12.1. The zero-order valence-corrected chi connectivity index (χ0v) is 12.4. The van der Waals surface area contributed by atoms with Crippen LogP contribution in [0, 0.1) is 0 Å². The fourth-order valence-corrected chi connectivity index (χ4v) is 3.36. The molecule has 0 bridgehead atoms. The number of nitrogens with one attached hydrogen (secondary N) is 3. The molecule has 1 unspecified atom stereocenters. The smallest absolute Gasteiger partial charge is 0.237 e. The van der Waals surface area contributed by atoms with E-state index in [1.807, 2.05) is 12.1 Å². The van der Waals surface area contributed by atoms with E-state index in [-0.39, 0.29) is 11.9 Å². The molecule has 1 atom stereocenters. The van der Waals surface area contributed by atoms with Crippen molar-refractivity contribution in [3.05, 3.63) is 39.1 Å². The number of hydrogen-bond acceptors (Lipinski definition) is 4. The summed E-state index contributed by atoms with van der Waals surface area (Å²) in [5.74, 6) is 0.0290. The third-order valence-electron chi connectivity index (χ3n) is 3.35. The van der Waals surface area contributed by atoms with Gasteiger partial charge in [-0.2, -0.15) is 0 Å². The van der Waals surface area contributed by atoms with Gasteiger partial charge in [-0.15, -0.1) is 11.3 Å². The highest BCUT2D eigenvalue weighted by Gasteiger charge is 2.25. The highest BCUT2D eigenvalue weighted by atomic mass is 35.5. The summed E-state index contributed by atoms with van der Waals surface area (Å²) < 4.78 is 0.784. The van der Waals surface area contributed by atoms with Gasteiger partial charge in [-0.25, -0.2) is 4.98 Å². The first kappa shape index (κ1) is 13.6. The van der Waals surface area contributed by atoms with Crippen LogP contribution in [0.25, 0.3) is 0 Å². The SMILES string of the molecule is O=C(NCCc1ccc(Cl)s1)C1Cc2nc[nH]c2CN1. The molecule has 1 aliphatic heterocycles. The average Bonchev–Trinajstić information content (AvgIpc) is 3.06. The summed E-state index contributed by atoms with van der Waals surface area (Å²) in [5, 5.41) is 6.17. The second-order valence-electron chi connectivity index (χ2n) is 4.71.